The van der Waals surface area contributed by atoms with Crippen molar-refractivity contribution in [3.05, 3.63) is 47.2 Å². The van der Waals surface area contributed by atoms with E-state index in [9.17, 15) is 9.18 Å². The van der Waals surface area contributed by atoms with Gasteiger partial charge in [-0.25, -0.2) is 4.39 Å². The molecule has 0 aliphatic heterocycles. The van der Waals surface area contributed by atoms with Crippen LogP contribution < -0.4 is 20.1 Å². The second-order valence-corrected chi connectivity index (χ2v) is 5.01. The summed E-state index contributed by atoms with van der Waals surface area (Å²) in [5.74, 6) is 0.159. The summed E-state index contributed by atoms with van der Waals surface area (Å²) in [7, 11) is 3.04. The summed E-state index contributed by atoms with van der Waals surface area (Å²) in [5, 5.41) is 5.37. The van der Waals surface area contributed by atoms with Crippen LogP contribution in [0, 0.1) is 5.82 Å². The normalized spacial score (nSPS) is 10.1. The Labute approximate surface area is 138 Å². The van der Waals surface area contributed by atoms with Gasteiger partial charge in [0, 0.05) is 23.9 Å². The molecule has 0 saturated heterocycles. The first kappa shape index (κ1) is 16.9. The Balaban J connectivity index is 2.01. The predicted octanol–water partition coefficient (Wildman–Crippen LogP) is 3.55. The first-order valence-electron chi connectivity index (χ1n) is 6.74. The van der Waals surface area contributed by atoms with E-state index in [0.717, 1.165) is 0 Å². The van der Waals surface area contributed by atoms with Gasteiger partial charge in [0.25, 0.3) is 0 Å². The van der Waals surface area contributed by atoms with Crippen LogP contribution in [0.25, 0.3) is 0 Å². The fourth-order valence-corrected chi connectivity index (χ4v) is 2.08. The highest BCUT2D eigenvalue weighted by Gasteiger charge is 2.09. The number of nitrogens with one attached hydrogen (secondary N) is 2. The lowest BCUT2D eigenvalue weighted by molar-refractivity contribution is -0.114. The third-order valence-electron chi connectivity index (χ3n) is 3.03. The number of hydrogen-bond acceptors (Lipinski definition) is 4. The van der Waals surface area contributed by atoms with Crippen molar-refractivity contribution in [1.29, 1.82) is 0 Å². The van der Waals surface area contributed by atoms with Gasteiger partial charge in [0.1, 0.15) is 11.5 Å². The first-order valence-corrected chi connectivity index (χ1v) is 7.12. The molecule has 0 atom stereocenters. The van der Waals surface area contributed by atoms with E-state index in [1.807, 2.05) is 0 Å². The number of carbonyl (C=O) groups excluding carboxylic acids is 1. The van der Waals surface area contributed by atoms with Gasteiger partial charge in [0.05, 0.1) is 31.5 Å². The second kappa shape index (κ2) is 7.69. The van der Waals surface area contributed by atoms with Crippen LogP contribution in [-0.2, 0) is 4.79 Å². The van der Waals surface area contributed by atoms with Crippen LogP contribution in [0.3, 0.4) is 0 Å². The molecule has 2 aromatic carbocycles. The maximum atomic E-state index is 13.7. The second-order valence-electron chi connectivity index (χ2n) is 4.60. The molecule has 0 aliphatic carbocycles. The molecular weight excluding hydrogens is 323 g/mol. The summed E-state index contributed by atoms with van der Waals surface area (Å²) in [6.45, 7) is -0.114. The zero-order valence-electron chi connectivity index (χ0n) is 12.7. The Morgan fingerprint density at radius 2 is 1.83 bits per heavy atom. The lowest BCUT2D eigenvalue weighted by atomic mass is 10.2. The van der Waals surface area contributed by atoms with Crippen molar-refractivity contribution in [3.8, 4) is 11.5 Å². The van der Waals surface area contributed by atoms with Crippen LogP contribution in [0.15, 0.2) is 36.4 Å². The number of halogens is 2. The quantitative estimate of drug-likeness (QED) is 0.845. The average Bonchev–Trinajstić information content (AvgIpc) is 2.55. The highest BCUT2D eigenvalue weighted by molar-refractivity contribution is 6.31. The van der Waals surface area contributed by atoms with Crippen molar-refractivity contribution >= 4 is 28.9 Å². The maximum absolute atomic E-state index is 13.7. The van der Waals surface area contributed by atoms with Crippen LogP contribution in [0.5, 0.6) is 11.5 Å². The summed E-state index contributed by atoms with van der Waals surface area (Å²) in [4.78, 5) is 12.0. The summed E-state index contributed by atoms with van der Waals surface area (Å²) >= 11 is 5.68. The van der Waals surface area contributed by atoms with E-state index in [2.05, 4.69) is 10.6 Å². The minimum Gasteiger partial charge on any atom is -0.497 e. The molecule has 0 bridgehead atoms. The van der Waals surface area contributed by atoms with Crippen LogP contribution in [0.1, 0.15) is 0 Å². The lowest BCUT2D eigenvalue weighted by Gasteiger charge is -2.11. The molecule has 5 nitrogen and oxygen atoms in total. The van der Waals surface area contributed by atoms with Crippen molar-refractivity contribution in [2.45, 2.75) is 0 Å². The van der Waals surface area contributed by atoms with E-state index in [4.69, 9.17) is 21.1 Å². The SMILES string of the molecule is COc1cc(NC(=O)CNc2cccc(Cl)c2F)cc(OC)c1. The highest BCUT2D eigenvalue weighted by Crippen LogP contribution is 2.26. The van der Waals surface area contributed by atoms with Crippen LogP contribution >= 0.6 is 11.6 Å². The van der Waals surface area contributed by atoms with Gasteiger partial charge >= 0.3 is 0 Å². The van der Waals surface area contributed by atoms with E-state index in [1.54, 1.807) is 24.3 Å². The van der Waals surface area contributed by atoms with E-state index in [1.165, 1.54) is 26.4 Å². The number of rotatable bonds is 6. The van der Waals surface area contributed by atoms with Gasteiger partial charge in [-0.15, -0.1) is 0 Å². The van der Waals surface area contributed by atoms with Crippen molar-refractivity contribution < 1.29 is 18.7 Å². The van der Waals surface area contributed by atoms with Gasteiger partial charge in [-0.2, -0.15) is 0 Å². The van der Waals surface area contributed by atoms with E-state index < -0.39 is 5.82 Å². The van der Waals surface area contributed by atoms with Crippen LogP contribution in [0.4, 0.5) is 15.8 Å². The number of ether oxygens (including phenoxy) is 2. The zero-order valence-corrected chi connectivity index (χ0v) is 13.4. The number of amides is 1. The number of methoxy groups -OCH3 is 2. The molecule has 0 saturated carbocycles. The predicted molar refractivity (Wildman–Crippen MR) is 88.1 cm³/mol. The molecule has 0 unspecified atom stereocenters. The molecular formula is C16H16ClFN2O3. The maximum Gasteiger partial charge on any atom is 0.243 e. The number of anilines is 2. The number of hydrogen-bond donors (Lipinski definition) is 2. The lowest BCUT2D eigenvalue weighted by Crippen LogP contribution is -2.22. The molecule has 2 N–H and O–H groups in total. The summed E-state index contributed by atoms with van der Waals surface area (Å²) in [5.41, 5.74) is 0.676. The monoisotopic (exact) mass is 338 g/mol. The molecule has 122 valence electrons. The Hall–Kier alpha value is -2.47. The Morgan fingerprint density at radius 3 is 2.43 bits per heavy atom. The zero-order chi connectivity index (χ0) is 16.8. The summed E-state index contributed by atoms with van der Waals surface area (Å²) in [6, 6.07) is 9.53. The number of carbonyl (C=O) groups is 1. The van der Waals surface area contributed by atoms with Gasteiger partial charge < -0.3 is 20.1 Å². The molecule has 7 heteroatoms. The molecule has 0 radical (unpaired) electrons. The molecule has 23 heavy (non-hydrogen) atoms. The molecule has 0 fully saturated rings. The molecule has 0 spiro atoms. The van der Waals surface area contributed by atoms with Crippen molar-refractivity contribution in [2.75, 3.05) is 31.4 Å². The number of benzene rings is 2. The van der Waals surface area contributed by atoms with Gasteiger partial charge in [0.2, 0.25) is 5.91 Å². The highest BCUT2D eigenvalue weighted by atomic mass is 35.5. The Bertz CT molecular complexity index is 687. The molecule has 0 aromatic heterocycles. The van der Waals surface area contributed by atoms with Gasteiger partial charge in [0.15, 0.2) is 5.82 Å². The summed E-state index contributed by atoms with van der Waals surface area (Å²) < 4.78 is 24.0. The van der Waals surface area contributed by atoms with E-state index in [-0.39, 0.29) is 23.2 Å². The van der Waals surface area contributed by atoms with Gasteiger partial charge in [-0.1, -0.05) is 17.7 Å². The fraction of sp³-hybridized carbons (Fsp3) is 0.188. The Morgan fingerprint density at radius 1 is 1.17 bits per heavy atom. The third kappa shape index (κ3) is 4.50. The minimum atomic E-state index is -0.593. The standard InChI is InChI=1S/C16H16ClFN2O3/c1-22-11-6-10(7-12(8-11)23-2)20-15(21)9-19-14-5-3-4-13(17)16(14)18/h3-8,19H,9H2,1-2H3,(H,20,21). The van der Waals surface area contributed by atoms with E-state index >= 15 is 0 Å². The third-order valence-corrected chi connectivity index (χ3v) is 3.32. The van der Waals surface area contributed by atoms with Crippen LogP contribution in [-0.4, -0.2) is 26.7 Å². The van der Waals surface area contributed by atoms with Gasteiger partial charge in [-0.3, -0.25) is 4.79 Å². The molecule has 2 rings (SSSR count). The smallest absolute Gasteiger partial charge is 0.243 e. The minimum absolute atomic E-state index is 0.00654. The first-order chi connectivity index (χ1) is 11.0. The largest absolute Gasteiger partial charge is 0.497 e. The van der Waals surface area contributed by atoms with Crippen LogP contribution in [0.2, 0.25) is 5.02 Å². The fourth-order valence-electron chi connectivity index (χ4n) is 1.90. The topological polar surface area (TPSA) is 59.6 Å². The molecule has 0 aliphatic rings. The van der Waals surface area contributed by atoms with Crippen molar-refractivity contribution in [3.63, 3.8) is 0 Å². The molecule has 1 amide bonds. The van der Waals surface area contributed by atoms with Gasteiger partial charge in [-0.05, 0) is 12.1 Å². The van der Waals surface area contributed by atoms with Crippen molar-refractivity contribution in [1.82, 2.24) is 0 Å². The Kier molecular flexibility index (Phi) is 5.65. The average molecular weight is 339 g/mol. The van der Waals surface area contributed by atoms with Crippen molar-refractivity contribution in [2.24, 2.45) is 0 Å². The summed E-state index contributed by atoms with van der Waals surface area (Å²) in [6.07, 6.45) is 0. The molecule has 2 aromatic rings. The van der Waals surface area contributed by atoms with E-state index in [0.29, 0.717) is 17.2 Å². The molecule has 0 heterocycles.